The van der Waals surface area contributed by atoms with Crippen LogP contribution in [0, 0.1) is 43.9 Å². The Balaban J connectivity index is 0.000000313. The van der Waals surface area contributed by atoms with Crippen LogP contribution in [-0.4, -0.2) is 47.6 Å². The summed E-state index contributed by atoms with van der Waals surface area (Å²) in [6.45, 7) is 35.7. The molecule has 0 saturated heterocycles. The zero-order chi connectivity index (χ0) is 54.8. The van der Waals surface area contributed by atoms with E-state index in [-0.39, 0.29) is 11.3 Å². The summed E-state index contributed by atoms with van der Waals surface area (Å²) in [7, 11) is 1.95. The molecular formula is C67H102HgN5O2. The van der Waals surface area contributed by atoms with Gasteiger partial charge in [-0.1, -0.05) is 123 Å². The van der Waals surface area contributed by atoms with Crippen molar-refractivity contribution in [3.05, 3.63) is 166 Å². The van der Waals surface area contributed by atoms with Crippen LogP contribution in [0.2, 0.25) is 0 Å². The monoisotopic (exact) mass is 1210 g/mol. The molecule has 409 valence electrons. The van der Waals surface area contributed by atoms with E-state index in [2.05, 4.69) is 201 Å². The van der Waals surface area contributed by atoms with Gasteiger partial charge < -0.3 is 10.2 Å². The minimum Gasteiger partial charge on any atom is -0.0617 e. The van der Waals surface area contributed by atoms with Gasteiger partial charge in [0.2, 0.25) is 0 Å². The van der Waals surface area contributed by atoms with Crippen LogP contribution in [0.3, 0.4) is 0 Å². The van der Waals surface area contributed by atoms with Crippen molar-refractivity contribution in [3.63, 3.8) is 0 Å². The van der Waals surface area contributed by atoms with Gasteiger partial charge in [0.25, 0.3) is 0 Å². The Morgan fingerprint density at radius 1 is 0.933 bits per heavy atom. The average Bonchev–Trinajstić information content (AvgIpc) is 3.38. The third-order valence-electron chi connectivity index (χ3n) is 16.2. The fourth-order valence-electron chi connectivity index (χ4n) is 10.3. The van der Waals surface area contributed by atoms with Gasteiger partial charge in [-0.05, 0) is 155 Å². The van der Waals surface area contributed by atoms with Crippen LogP contribution in [-0.2, 0) is 49.0 Å². The molecular weight excluding hydrogens is 1110 g/mol. The molecule has 4 aromatic rings. The number of hydroxylamine groups is 1. The fourth-order valence-corrected chi connectivity index (χ4v) is 10.5. The molecule has 0 amide bonds. The summed E-state index contributed by atoms with van der Waals surface area (Å²) in [6, 6.07) is 31.2. The third-order valence-corrected chi connectivity index (χ3v) is 16.7. The van der Waals surface area contributed by atoms with Crippen LogP contribution in [0.15, 0.2) is 121 Å². The Hall–Kier alpha value is -3.72. The zero-order valence-electron chi connectivity index (χ0n) is 49.6. The number of benzene rings is 4. The van der Waals surface area contributed by atoms with E-state index >= 15 is 0 Å². The molecule has 1 aliphatic carbocycles. The molecule has 6 rings (SSSR count). The van der Waals surface area contributed by atoms with Crippen molar-refractivity contribution in [2.45, 2.75) is 178 Å². The van der Waals surface area contributed by atoms with Crippen molar-refractivity contribution < 1.29 is 36.2 Å². The predicted octanol–water partition coefficient (Wildman–Crippen LogP) is 17.5. The molecule has 0 aromatic heterocycles. The molecule has 1 saturated carbocycles. The molecule has 1 aliphatic heterocycles. The van der Waals surface area contributed by atoms with E-state index < -0.39 is 0 Å². The number of hydrogen-bond acceptors (Lipinski definition) is 7. The first-order valence-corrected chi connectivity index (χ1v) is 31.6. The van der Waals surface area contributed by atoms with Crippen LogP contribution < -0.4 is 16.3 Å². The van der Waals surface area contributed by atoms with Crippen molar-refractivity contribution >= 4 is 11.4 Å². The summed E-state index contributed by atoms with van der Waals surface area (Å²) in [4.78, 5) is 14.1. The Morgan fingerprint density at radius 3 is 2.36 bits per heavy atom. The van der Waals surface area contributed by atoms with Gasteiger partial charge in [0.1, 0.15) is 0 Å². The quantitative estimate of drug-likeness (QED) is 0.0437. The molecule has 2 aliphatic rings. The van der Waals surface area contributed by atoms with Gasteiger partial charge in [-0.2, -0.15) is 0 Å². The normalized spacial score (nSPS) is 17.3. The van der Waals surface area contributed by atoms with Crippen LogP contribution in [0.1, 0.15) is 189 Å². The van der Waals surface area contributed by atoms with Crippen molar-refractivity contribution in [1.82, 2.24) is 13.0 Å². The van der Waals surface area contributed by atoms with Gasteiger partial charge in [-0.3, -0.25) is 10.3 Å². The number of hydrogen-bond donors (Lipinski definition) is 3. The summed E-state index contributed by atoms with van der Waals surface area (Å²) in [5, 5.41) is 3.65. The van der Waals surface area contributed by atoms with Crippen LogP contribution in [0.4, 0.5) is 11.4 Å². The summed E-state index contributed by atoms with van der Waals surface area (Å²) in [5.74, 6) is 2.85. The van der Waals surface area contributed by atoms with E-state index in [4.69, 9.17) is 9.78 Å². The van der Waals surface area contributed by atoms with Crippen LogP contribution in [0.25, 0.3) is 0 Å². The number of fused-ring (bicyclic) bond motifs is 4. The number of nitrogens with zero attached hydrogens (tertiary/aromatic N) is 2. The average molecular weight is 1210 g/mol. The van der Waals surface area contributed by atoms with Gasteiger partial charge in [0, 0.05) is 19.0 Å². The summed E-state index contributed by atoms with van der Waals surface area (Å²) in [6.07, 6.45) is 22.8. The molecule has 75 heavy (non-hydrogen) atoms. The zero-order valence-corrected chi connectivity index (χ0v) is 55.1. The summed E-state index contributed by atoms with van der Waals surface area (Å²) < 4.78 is 1.85. The van der Waals surface area contributed by atoms with E-state index in [9.17, 15) is 0 Å². The third kappa shape index (κ3) is 21.9. The molecule has 4 unspecified atom stereocenters. The molecule has 3 N–H and O–H groups in total. The maximum atomic E-state index is 6.01. The fraction of sp³-hybridized carbons (Fsp3) is 0.552. The SMILES string of the molecule is C=CC.CCC(C)(C)CN/C=C(\C)C1c2cccc(c2)NOCCN(CCC2CCC2)CCCCc2cccc1c2C.CCC(C)/C=C(\C(C)CC)C(CCCc1cccc(NO[N](C)[Hg])c1)c1cccc(C)c1C. The second-order valence-corrected chi connectivity index (χ2v) is 26.3. The van der Waals surface area contributed by atoms with E-state index in [0.29, 0.717) is 50.8 Å². The van der Waals surface area contributed by atoms with E-state index in [1.54, 1.807) is 11.6 Å². The van der Waals surface area contributed by atoms with Gasteiger partial charge in [-0.25, -0.2) is 0 Å². The summed E-state index contributed by atoms with van der Waals surface area (Å²) in [5.41, 5.74) is 23.0. The Morgan fingerprint density at radius 2 is 1.67 bits per heavy atom. The smallest absolute Gasteiger partial charge is 0.0617 e. The first-order valence-electron chi connectivity index (χ1n) is 29.1. The molecule has 4 atom stereocenters. The molecule has 4 bridgehead atoms. The van der Waals surface area contributed by atoms with Crippen LogP contribution in [0.5, 0.6) is 0 Å². The van der Waals surface area contributed by atoms with E-state index in [0.717, 1.165) is 56.2 Å². The van der Waals surface area contributed by atoms with E-state index in [1.807, 2.05) is 16.8 Å². The van der Waals surface area contributed by atoms with E-state index in [1.165, 1.54) is 121 Å². The van der Waals surface area contributed by atoms with Gasteiger partial charge in [-0.15, -0.1) is 6.58 Å². The van der Waals surface area contributed by atoms with Gasteiger partial charge >= 0.3 is 142 Å². The Bertz CT molecular complexity index is 2330. The summed E-state index contributed by atoms with van der Waals surface area (Å²) >= 11 is 0.446. The number of allylic oxidation sites excluding steroid dienone is 4. The van der Waals surface area contributed by atoms with Crippen molar-refractivity contribution in [2.24, 2.45) is 23.2 Å². The second-order valence-electron chi connectivity index (χ2n) is 22.8. The number of anilines is 2. The maximum absolute atomic E-state index is 6.01. The first kappa shape index (κ1) is 63.8. The molecule has 4 aromatic carbocycles. The molecule has 8 heteroatoms. The molecule has 1 fully saturated rings. The van der Waals surface area contributed by atoms with Gasteiger partial charge in [0.15, 0.2) is 0 Å². The number of aryl methyl sites for hydroxylation is 3. The minimum atomic E-state index is 0.193. The van der Waals surface area contributed by atoms with Crippen LogP contribution >= 0.6 is 0 Å². The van der Waals surface area contributed by atoms with Gasteiger partial charge in [0.05, 0.1) is 12.3 Å². The molecule has 7 nitrogen and oxygen atoms in total. The second kappa shape index (κ2) is 34.2. The Labute approximate surface area is 475 Å². The molecule has 0 spiro atoms. The standard InChI is InChI=1S/C35H53N3O.C29H43N2O.C3H6.Hg/c1-6-35(4,5)26-36-25-27(2)34-31-16-10-17-32(24-31)37-39-23-22-38(21-19-29-12-9-13-29)20-8-7-14-30-15-11-18-33(34)28(30)3;1-8-21(3)19-29(22(4)9-2)28(27-17-10-13-23(5)24(27)6)18-12-15-25-14-11-16-26(20-25)31-32-30-7;1-3-2;/h10-11,15-18,24-25,29,34,36-37H,6-9,12-14,19-23,26H2,1-5H3;10-11,13-14,16-17,19-22,28,31H,8-9,12,15,18H2,1-7H3;3H,1H2,2H3;/q;-1;;+1/b27-25+;29-19+;;. The molecule has 0 radical (unpaired) electrons. The predicted molar refractivity (Wildman–Crippen MR) is 320 cm³/mol. The first-order chi connectivity index (χ1) is 36.0. The topological polar surface area (TPSA) is 61.0 Å². The molecule has 1 heterocycles. The van der Waals surface area contributed by atoms with Crippen molar-refractivity contribution in [2.75, 3.05) is 50.8 Å². The Kier molecular flexibility index (Phi) is 29.1. The minimum absolute atomic E-state index is 0.193. The number of rotatable bonds is 21. The van der Waals surface area contributed by atoms with Crippen molar-refractivity contribution in [3.8, 4) is 0 Å². The number of nitrogens with one attached hydrogen (secondary N) is 3. The van der Waals surface area contributed by atoms with Crippen molar-refractivity contribution in [1.29, 1.82) is 0 Å².